The fourth-order valence-electron chi connectivity index (χ4n) is 4.11. The van der Waals surface area contributed by atoms with Gasteiger partial charge < -0.3 is 13.9 Å². The molecule has 1 saturated heterocycles. The highest BCUT2D eigenvalue weighted by Crippen LogP contribution is 2.37. The number of allylic oxidation sites excluding steroid dienone is 4. The standard InChI is InChI=1S/C25H27BN2O2/c1-24(2)25(3,4)30-26(29-24)19-16-14-18(15-17-19)23-27-21-12-8-9-13-22(21)28(23)20-10-6-5-7-11-20/h5-10,12-17,20H,11H2,1-4H3. The monoisotopic (exact) mass is 398 g/mol. The number of hydrogen-bond donors (Lipinski definition) is 0. The molecule has 5 heteroatoms. The van der Waals surface area contributed by atoms with Crippen LogP contribution in [0.4, 0.5) is 0 Å². The summed E-state index contributed by atoms with van der Waals surface area (Å²) in [6.07, 6.45) is 9.65. The van der Waals surface area contributed by atoms with Crippen molar-refractivity contribution in [1.29, 1.82) is 0 Å². The minimum Gasteiger partial charge on any atom is -0.399 e. The molecule has 30 heavy (non-hydrogen) atoms. The van der Waals surface area contributed by atoms with Gasteiger partial charge in [-0.1, -0.05) is 60.7 Å². The van der Waals surface area contributed by atoms with Crippen LogP contribution >= 0.6 is 0 Å². The predicted octanol–water partition coefficient (Wildman–Crippen LogP) is 5.06. The molecular formula is C25H27BN2O2. The van der Waals surface area contributed by atoms with E-state index in [-0.39, 0.29) is 24.4 Å². The summed E-state index contributed by atoms with van der Waals surface area (Å²) in [4.78, 5) is 4.97. The minimum absolute atomic E-state index is 0.264. The van der Waals surface area contributed by atoms with Crippen LogP contribution in [0.3, 0.4) is 0 Å². The molecule has 0 amide bonds. The summed E-state index contributed by atoms with van der Waals surface area (Å²) >= 11 is 0. The molecule has 1 aromatic heterocycles. The number of para-hydroxylation sites is 2. The van der Waals surface area contributed by atoms with E-state index in [1.807, 2.05) is 6.07 Å². The van der Waals surface area contributed by atoms with Gasteiger partial charge in [-0.05, 0) is 51.7 Å². The maximum Gasteiger partial charge on any atom is 0.494 e. The predicted molar refractivity (Wildman–Crippen MR) is 123 cm³/mol. The van der Waals surface area contributed by atoms with Crippen molar-refractivity contribution in [3.05, 3.63) is 72.8 Å². The van der Waals surface area contributed by atoms with Crippen molar-refractivity contribution in [2.24, 2.45) is 0 Å². The lowest BCUT2D eigenvalue weighted by molar-refractivity contribution is 0.00578. The van der Waals surface area contributed by atoms with E-state index in [1.165, 1.54) is 0 Å². The first-order valence-electron chi connectivity index (χ1n) is 10.6. The van der Waals surface area contributed by atoms with E-state index in [4.69, 9.17) is 14.3 Å². The third kappa shape index (κ3) is 3.13. The van der Waals surface area contributed by atoms with Gasteiger partial charge in [-0.25, -0.2) is 4.98 Å². The van der Waals surface area contributed by atoms with Crippen LogP contribution in [0, 0.1) is 0 Å². The van der Waals surface area contributed by atoms with Crippen molar-refractivity contribution < 1.29 is 9.31 Å². The normalized spacial score (nSPS) is 22.1. The van der Waals surface area contributed by atoms with E-state index in [0.29, 0.717) is 0 Å². The Morgan fingerprint density at radius 2 is 1.63 bits per heavy atom. The van der Waals surface area contributed by atoms with Crippen molar-refractivity contribution in [2.75, 3.05) is 0 Å². The van der Waals surface area contributed by atoms with E-state index in [9.17, 15) is 0 Å². The highest BCUT2D eigenvalue weighted by Gasteiger charge is 2.51. The number of nitrogens with zero attached hydrogens (tertiary/aromatic N) is 2. The van der Waals surface area contributed by atoms with Gasteiger partial charge in [0.25, 0.3) is 0 Å². The lowest BCUT2D eigenvalue weighted by Gasteiger charge is -2.32. The summed E-state index contributed by atoms with van der Waals surface area (Å²) in [6, 6.07) is 17.1. The number of aromatic nitrogens is 2. The molecule has 2 aliphatic rings. The lowest BCUT2D eigenvalue weighted by atomic mass is 9.79. The van der Waals surface area contributed by atoms with Crippen molar-refractivity contribution in [3.63, 3.8) is 0 Å². The maximum atomic E-state index is 6.20. The number of hydrogen-bond acceptors (Lipinski definition) is 3. The highest BCUT2D eigenvalue weighted by molar-refractivity contribution is 6.62. The average Bonchev–Trinajstić information content (AvgIpc) is 3.23. The summed E-state index contributed by atoms with van der Waals surface area (Å²) in [6.45, 7) is 8.32. The van der Waals surface area contributed by atoms with Crippen molar-refractivity contribution in [2.45, 2.75) is 51.4 Å². The fourth-order valence-corrected chi connectivity index (χ4v) is 4.11. The SMILES string of the molecule is CC1(C)OB(c2ccc(-c3nc4ccccc4n3C3C=CC=CC3)cc2)OC1(C)C. The van der Waals surface area contributed by atoms with Gasteiger partial charge in [0.2, 0.25) is 0 Å². The molecular weight excluding hydrogens is 371 g/mol. The first-order chi connectivity index (χ1) is 14.4. The first-order valence-corrected chi connectivity index (χ1v) is 10.6. The van der Waals surface area contributed by atoms with Crippen molar-refractivity contribution >= 4 is 23.6 Å². The van der Waals surface area contributed by atoms with Crippen molar-refractivity contribution in [3.8, 4) is 11.4 Å². The van der Waals surface area contributed by atoms with E-state index < -0.39 is 0 Å². The summed E-state index contributed by atoms with van der Waals surface area (Å²) in [5, 5.41) is 0. The van der Waals surface area contributed by atoms with Crippen LogP contribution < -0.4 is 5.46 Å². The van der Waals surface area contributed by atoms with Gasteiger partial charge in [-0.15, -0.1) is 0 Å². The second-order valence-corrected chi connectivity index (χ2v) is 9.12. The highest BCUT2D eigenvalue weighted by atomic mass is 16.7. The molecule has 0 N–H and O–H groups in total. The Bertz CT molecular complexity index is 1130. The molecule has 5 rings (SSSR count). The molecule has 1 unspecified atom stereocenters. The van der Waals surface area contributed by atoms with Gasteiger partial charge in [-0.3, -0.25) is 0 Å². The fraction of sp³-hybridized carbons (Fsp3) is 0.320. The van der Waals surface area contributed by atoms with Crippen LogP contribution in [0.5, 0.6) is 0 Å². The second-order valence-electron chi connectivity index (χ2n) is 9.12. The quantitative estimate of drug-likeness (QED) is 0.579. The number of fused-ring (bicyclic) bond motifs is 1. The Balaban J connectivity index is 1.52. The van der Waals surface area contributed by atoms with E-state index in [0.717, 1.165) is 34.3 Å². The van der Waals surface area contributed by atoms with Gasteiger partial charge in [0.15, 0.2) is 0 Å². The van der Waals surface area contributed by atoms with Gasteiger partial charge in [0, 0.05) is 5.56 Å². The van der Waals surface area contributed by atoms with E-state index in [1.54, 1.807) is 0 Å². The molecule has 3 aromatic rings. The Kier molecular flexibility index (Phi) is 4.49. The van der Waals surface area contributed by atoms with Crippen LogP contribution in [0.2, 0.25) is 0 Å². The van der Waals surface area contributed by atoms with E-state index >= 15 is 0 Å². The Hall–Kier alpha value is -2.63. The molecule has 1 atom stereocenters. The van der Waals surface area contributed by atoms with Gasteiger partial charge >= 0.3 is 7.12 Å². The molecule has 0 spiro atoms. The summed E-state index contributed by atoms with van der Waals surface area (Å²) in [5.41, 5.74) is 3.61. The Morgan fingerprint density at radius 3 is 2.30 bits per heavy atom. The topological polar surface area (TPSA) is 36.3 Å². The second kappa shape index (κ2) is 6.97. The van der Waals surface area contributed by atoms with Crippen LogP contribution in [0.1, 0.15) is 40.2 Å². The zero-order chi connectivity index (χ0) is 20.9. The molecule has 4 nitrogen and oxygen atoms in total. The summed E-state index contributed by atoms with van der Waals surface area (Å²) in [5.74, 6) is 0.988. The van der Waals surface area contributed by atoms with Crippen LogP contribution in [0.25, 0.3) is 22.4 Å². The zero-order valence-corrected chi connectivity index (χ0v) is 18.0. The number of imidazole rings is 1. The Morgan fingerprint density at radius 1 is 0.933 bits per heavy atom. The summed E-state index contributed by atoms with van der Waals surface area (Å²) in [7, 11) is -0.353. The Labute approximate surface area is 178 Å². The molecule has 152 valence electrons. The molecule has 2 heterocycles. The van der Waals surface area contributed by atoms with Gasteiger partial charge in [-0.2, -0.15) is 0 Å². The third-order valence-electron chi connectivity index (χ3n) is 6.58. The smallest absolute Gasteiger partial charge is 0.399 e. The largest absolute Gasteiger partial charge is 0.494 e. The molecule has 0 saturated carbocycles. The number of benzene rings is 2. The maximum absolute atomic E-state index is 6.20. The lowest BCUT2D eigenvalue weighted by Crippen LogP contribution is -2.41. The molecule has 0 radical (unpaired) electrons. The van der Waals surface area contributed by atoms with Crippen LogP contribution in [-0.2, 0) is 9.31 Å². The molecule has 1 aliphatic heterocycles. The van der Waals surface area contributed by atoms with E-state index in [2.05, 4.69) is 99.0 Å². The van der Waals surface area contributed by atoms with Crippen LogP contribution in [-0.4, -0.2) is 27.9 Å². The average molecular weight is 398 g/mol. The zero-order valence-electron chi connectivity index (χ0n) is 18.0. The minimum atomic E-state index is -0.353. The van der Waals surface area contributed by atoms with Crippen molar-refractivity contribution in [1.82, 2.24) is 9.55 Å². The third-order valence-corrected chi connectivity index (χ3v) is 6.58. The van der Waals surface area contributed by atoms with Crippen LogP contribution in [0.15, 0.2) is 72.8 Å². The number of rotatable bonds is 3. The molecule has 2 aromatic carbocycles. The molecule has 1 aliphatic carbocycles. The molecule has 0 bridgehead atoms. The molecule has 1 fully saturated rings. The van der Waals surface area contributed by atoms with Gasteiger partial charge in [0.1, 0.15) is 5.82 Å². The first kappa shape index (κ1) is 19.3. The summed E-state index contributed by atoms with van der Waals surface area (Å²) < 4.78 is 14.8. The van der Waals surface area contributed by atoms with Gasteiger partial charge in [0.05, 0.1) is 28.3 Å².